The number of nitrogens with zero attached hydrogens (tertiary/aromatic N) is 1. The lowest BCUT2D eigenvalue weighted by Crippen LogP contribution is -2.30. The highest BCUT2D eigenvalue weighted by atomic mass is 16.6. The highest BCUT2D eigenvalue weighted by molar-refractivity contribution is 6.08. The molecule has 8 nitrogen and oxygen atoms in total. The number of methoxy groups -OCH3 is 1. The van der Waals surface area contributed by atoms with Crippen molar-refractivity contribution in [3.8, 4) is 5.75 Å². The number of benzene rings is 2. The first-order valence-corrected chi connectivity index (χ1v) is 8.90. The van der Waals surface area contributed by atoms with E-state index in [-0.39, 0.29) is 5.76 Å². The molecule has 2 aromatic heterocycles. The summed E-state index contributed by atoms with van der Waals surface area (Å²) in [6.07, 6.45) is -1.07. The third kappa shape index (κ3) is 3.52. The van der Waals surface area contributed by atoms with Crippen LogP contribution in [0.3, 0.4) is 0 Å². The molecule has 1 amide bonds. The molecule has 148 valence electrons. The molecule has 0 aliphatic rings. The lowest BCUT2D eigenvalue weighted by Gasteiger charge is -2.14. The normalized spacial score (nSPS) is 12.1. The number of hydrogen-bond acceptors (Lipinski definition) is 7. The number of amides is 1. The van der Waals surface area contributed by atoms with Crippen molar-refractivity contribution in [1.29, 1.82) is 0 Å². The first-order chi connectivity index (χ1) is 14.0. The molecule has 0 aliphatic heterocycles. The van der Waals surface area contributed by atoms with Gasteiger partial charge in [0.25, 0.3) is 5.91 Å². The Morgan fingerprint density at radius 3 is 2.62 bits per heavy atom. The second kappa shape index (κ2) is 7.31. The number of carbonyl (C=O) groups is 2. The average Bonchev–Trinajstić information content (AvgIpc) is 3.30. The van der Waals surface area contributed by atoms with Crippen molar-refractivity contribution in [2.45, 2.75) is 20.0 Å². The summed E-state index contributed by atoms with van der Waals surface area (Å²) >= 11 is 0. The van der Waals surface area contributed by atoms with Gasteiger partial charge in [0.05, 0.1) is 18.5 Å². The van der Waals surface area contributed by atoms with Crippen molar-refractivity contribution >= 4 is 39.5 Å². The third-order valence-corrected chi connectivity index (χ3v) is 4.44. The van der Waals surface area contributed by atoms with Gasteiger partial charge in [-0.15, -0.1) is 0 Å². The van der Waals surface area contributed by atoms with Crippen LogP contribution in [0.25, 0.3) is 21.9 Å². The Morgan fingerprint density at radius 2 is 1.90 bits per heavy atom. The second-order valence-electron chi connectivity index (χ2n) is 6.52. The van der Waals surface area contributed by atoms with Gasteiger partial charge in [-0.2, -0.15) is 0 Å². The standard InChI is InChI=1S/C21H18N2O6/c1-11-8-19(29-23-11)21(25)27-12(2)20(24)22-15-10-17-14(9-18(15)26-3)13-6-4-5-7-16(13)28-17/h4-10,12H,1-3H3,(H,22,24)/t12-/m0/s1. The van der Waals surface area contributed by atoms with Crippen LogP contribution in [0.5, 0.6) is 5.75 Å². The quantitative estimate of drug-likeness (QED) is 0.509. The number of esters is 1. The average molecular weight is 394 g/mol. The smallest absolute Gasteiger partial charge is 0.377 e. The molecule has 4 aromatic rings. The molecule has 0 saturated heterocycles. The van der Waals surface area contributed by atoms with Crippen molar-refractivity contribution in [2.24, 2.45) is 0 Å². The van der Waals surface area contributed by atoms with Gasteiger partial charge < -0.3 is 23.7 Å². The highest BCUT2D eigenvalue weighted by Gasteiger charge is 2.23. The monoisotopic (exact) mass is 394 g/mol. The highest BCUT2D eigenvalue weighted by Crippen LogP contribution is 2.36. The summed E-state index contributed by atoms with van der Waals surface area (Å²) in [5.74, 6) is -0.901. The van der Waals surface area contributed by atoms with Crippen LogP contribution < -0.4 is 10.1 Å². The first kappa shape index (κ1) is 18.5. The molecule has 0 saturated carbocycles. The van der Waals surface area contributed by atoms with Gasteiger partial charge in [-0.05, 0) is 26.0 Å². The predicted molar refractivity (Wildman–Crippen MR) is 105 cm³/mol. The minimum absolute atomic E-state index is 0.0663. The number of anilines is 1. The molecule has 1 N–H and O–H groups in total. The Hall–Kier alpha value is -3.81. The van der Waals surface area contributed by atoms with Gasteiger partial charge in [0.1, 0.15) is 16.9 Å². The Labute approximate surface area is 165 Å². The summed E-state index contributed by atoms with van der Waals surface area (Å²) in [6, 6.07) is 12.5. The number of hydrogen-bond donors (Lipinski definition) is 1. The van der Waals surface area contributed by atoms with E-state index in [1.807, 2.05) is 24.3 Å². The van der Waals surface area contributed by atoms with E-state index in [9.17, 15) is 9.59 Å². The zero-order chi connectivity index (χ0) is 20.5. The fraction of sp³-hybridized carbons (Fsp3) is 0.190. The maximum Gasteiger partial charge on any atom is 0.377 e. The van der Waals surface area contributed by atoms with Crippen molar-refractivity contribution in [3.63, 3.8) is 0 Å². The summed E-state index contributed by atoms with van der Waals surface area (Å²) in [7, 11) is 1.51. The molecule has 0 radical (unpaired) electrons. The van der Waals surface area contributed by atoms with Crippen molar-refractivity contribution in [2.75, 3.05) is 12.4 Å². The molecule has 4 rings (SSSR count). The van der Waals surface area contributed by atoms with E-state index in [1.165, 1.54) is 20.1 Å². The number of rotatable bonds is 5. The van der Waals surface area contributed by atoms with E-state index >= 15 is 0 Å². The summed E-state index contributed by atoms with van der Waals surface area (Å²) in [5, 5.41) is 8.15. The van der Waals surface area contributed by atoms with Gasteiger partial charge >= 0.3 is 5.97 Å². The van der Waals surface area contributed by atoms with Crippen molar-refractivity contribution in [1.82, 2.24) is 5.16 Å². The lowest BCUT2D eigenvalue weighted by molar-refractivity contribution is -0.123. The number of aryl methyl sites for hydroxylation is 1. The molecule has 29 heavy (non-hydrogen) atoms. The van der Waals surface area contributed by atoms with E-state index in [2.05, 4.69) is 10.5 Å². The molecule has 1 atom stereocenters. The van der Waals surface area contributed by atoms with Gasteiger partial charge in [0.2, 0.25) is 5.76 Å². The number of nitrogens with one attached hydrogen (secondary N) is 1. The van der Waals surface area contributed by atoms with E-state index in [0.29, 0.717) is 22.7 Å². The maximum atomic E-state index is 12.5. The Balaban J connectivity index is 1.56. The van der Waals surface area contributed by atoms with Gasteiger partial charge in [-0.25, -0.2) is 4.79 Å². The summed E-state index contributed by atoms with van der Waals surface area (Å²) in [5.41, 5.74) is 2.28. The molecule has 0 spiro atoms. The van der Waals surface area contributed by atoms with Crippen LogP contribution in [0.2, 0.25) is 0 Å². The molecular formula is C21H18N2O6. The van der Waals surface area contributed by atoms with Crippen LogP contribution in [0.15, 0.2) is 51.4 Å². The fourth-order valence-electron chi connectivity index (χ4n) is 2.98. The van der Waals surface area contributed by atoms with Gasteiger partial charge in [0.15, 0.2) is 6.10 Å². The largest absolute Gasteiger partial charge is 0.495 e. The van der Waals surface area contributed by atoms with E-state index < -0.39 is 18.0 Å². The van der Waals surface area contributed by atoms with Crippen molar-refractivity contribution < 1.29 is 28.0 Å². The van der Waals surface area contributed by atoms with Crippen LogP contribution in [-0.2, 0) is 9.53 Å². The molecule has 2 aromatic carbocycles. The van der Waals surface area contributed by atoms with E-state index in [1.54, 1.807) is 19.1 Å². The molecule has 0 bridgehead atoms. The van der Waals surface area contributed by atoms with Crippen LogP contribution in [0.1, 0.15) is 23.2 Å². The SMILES string of the molecule is COc1cc2c(cc1NC(=O)[C@H](C)OC(=O)c1cc(C)no1)oc1ccccc12. The molecule has 0 aliphatic carbocycles. The third-order valence-electron chi connectivity index (χ3n) is 4.44. The van der Waals surface area contributed by atoms with Gasteiger partial charge in [-0.3, -0.25) is 4.79 Å². The lowest BCUT2D eigenvalue weighted by atomic mass is 10.1. The number of para-hydroxylation sites is 1. The minimum atomic E-state index is -1.07. The molecular weight excluding hydrogens is 376 g/mol. The molecule has 0 fully saturated rings. The first-order valence-electron chi connectivity index (χ1n) is 8.90. The second-order valence-corrected chi connectivity index (χ2v) is 6.52. The zero-order valence-electron chi connectivity index (χ0n) is 16.0. The predicted octanol–water partition coefficient (Wildman–Crippen LogP) is 4.08. The van der Waals surface area contributed by atoms with Crippen LogP contribution >= 0.6 is 0 Å². The van der Waals surface area contributed by atoms with Crippen LogP contribution in [-0.4, -0.2) is 30.2 Å². The molecule has 8 heteroatoms. The minimum Gasteiger partial charge on any atom is -0.495 e. The number of carbonyl (C=O) groups excluding carboxylic acids is 2. The summed E-state index contributed by atoms with van der Waals surface area (Å²) < 4.78 is 21.3. The summed E-state index contributed by atoms with van der Waals surface area (Å²) in [4.78, 5) is 24.6. The Bertz CT molecular complexity index is 1220. The maximum absolute atomic E-state index is 12.5. The number of fused-ring (bicyclic) bond motifs is 3. The van der Waals surface area contributed by atoms with Gasteiger partial charge in [-0.1, -0.05) is 23.4 Å². The molecule has 0 unspecified atom stereocenters. The van der Waals surface area contributed by atoms with Gasteiger partial charge in [0, 0.05) is 22.9 Å². The van der Waals surface area contributed by atoms with E-state index in [0.717, 1.165) is 16.4 Å². The number of aromatic nitrogens is 1. The van der Waals surface area contributed by atoms with Crippen LogP contribution in [0.4, 0.5) is 5.69 Å². The number of furan rings is 1. The Morgan fingerprint density at radius 1 is 1.10 bits per heavy atom. The van der Waals surface area contributed by atoms with Crippen LogP contribution in [0, 0.1) is 6.92 Å². The molecule has 2 heterocycles. The zero-order valence-corrected chi connectivity index (χ0v) is 16.0. The topological polar surface area (TPSA) is 104 Å². The van der Waals surface area contributed by atoms with Crippen molar-refractivity contribution in [3.05, 3.63) is 53.9 Å². The fourth-order valence-corrected chi connectivity index (χ4v) is 2.98. The summed E-state index contributed by atoms with van der Waals surface area (Å²) in [6.45, 7) is 3.14. The number of ether oxygens (including phenoxy) is 2. The van der Waals surface area contributed by atoms with E-state index in [4.69, 9.17) is 18.4 Å². The Kier molecular flexibility index (Phi) is 4.67.